The van der Waals surface area contributed by atoms with Gasteiger partial charge in [-0.05, 0) is 6.92 Å². The van der Waals surface area contributed by atoms with Crippen LogP contribution in [-0.4, -0.2) is 16.3 Å². The molecule has 0 N–H and O–H groups in total. The Labute approximate surface area is 98.3 Å². The highest BCUT2D eigenvalue weighted by Gasteiger charge is 2.36. The van der Waals surface area contributed by atoms with Gasteiger partial charge in [0.15, 0.2) is 0 Å². The van der Waals surface area contributed by atoms with Crippen LogP contribution in [0.1, 0.15) is 11.4 Å². The van der Waals surface area contributed by atoms with Gasteiger partial charge in [-0.25, -0.2) is 0 Å². The Hall–Kier alpha value is -1.57. The Morgan fingerprint density at radius 3 is 2.59 bits per heavy atom. The van der Waals surface area contributed by atoms with Crippen molar-refractivity contribution >= 4 is 17.3 Å². The van der Waals surface area contributed by atoms with Crippen molar-refractivity contribution in [3.05, 3.63) is 27.6 Å². The highest BCUT2D eigenvalue weighted by molar-refractivity contribution is 6.16. The molecule has 0 fully saturated rings. The van der Waals surface area contributed by atoms with Gasteiger partial charge in [-0.15, -0.1) is 24.8 Å². The van der Waals surface area contributed by atoms with E-state index in [1.165, 1.54) is 6.92 Å². The maximum atomic E-state index is 12.0. The third-order valence-corrected chi connectivity index (χ3v) is 2.00. The predicted octanol–water partition coefficient (Wildman–Crippen LogP) is 2.94. The minimum Gasteiger partial charge on any atom is -0.396 e. The topological polar surface area (TPSA) is 65.3 Å². The molecule has 0 unspecified atom stereocenters. The van der Waals surface area contributed by atoms with Crippen molar-refractivity contribution in [2.24, 2.45) is 0 Å². The smallest absolute Gasteiger partial charge is 0.396 e. The van der Waals surface area contributed by atoms with Crippen LogP contribution in [0, 0.1) is 17.0 Å². The minimum atomic E-state index is -5.01. The molecule has 0 saturated carbocycles. The van der Waals surface area contributed by atoms with E-state index in [9.17, 15) is 23.3 Å². The number of nitrogens with zero attached hydrogens (tertiary/aromatic N) is 2. The average Bonchev–Trinajstić information content (AvgIpc) is 2.18. The van der Waals surface area contributed by atoms with Crippen molar-refractivity contribution in [1.29, 1.82) is 0 Å². The maximum absolute atomic E-state index is 12.0. The molecule has 9 heteroatoms. The molecule has 0 saturated heterocycles. The Bertz CT molecular complexity index is 450. The summed E-state index contributed by atoms with van der Waals surface area (Å²) in [5.41, 5.74) is -0.956. The molecule has 0 spiro atoms. The lowest BCUT2D eigenvalue weighted by Crippen LogP contribution is -2.19. The van der Waals surface area contributed by atoms with Crippen LogP contribution in [0.25, 0.3) is 0 Å². The van der Waals surface area contributed by atoms with Crippen molar-refractivity contribution in [3.8, 4) is 5.75 Å². The molecule has 17 heavy (non-hydrogen) atoms. The summed E-state index contributed by atoms with van der Waals surface area (Å²) in [5, 5.41) is 10.6. The number of hydrogen-bond acceptors (Lipinski definition) is 4. The van der Waals surface area contributed by atoms with Gasteiger partial charge < -0.3 is 4.74 Å². The number of halogens is 4. The van der Waals surface area contributed by atoms with E-state index in [2.05, 4.69) is 9.72 Å². The van der Waals surface area contributed by atoms with Crippen molar-refractivity contribution in [1.82, 2.24) is 4.98 Å². The van der Waals surface area contributed by atoms with Crippen LogP contribution < -0.4 is 4.74 Å². The highest BCUT2D eigenvalue weighted by Crippen LogP contribution is 2.34. The van der Waals surface area contributed by atoms with Gasteiger partial charge in [0.25, 0.3) is 0 Å². The van der Waals surface area contributed by atoms with Gasteiger partial charge in [-0.2, -0.15) is 0 Å². The van der Waals surface area contributed by atoms with E-state index >= 15 is 0 Å². The molecular weight excluding hydrogens is 265 g/mol. The van der Waals surface area contributed by atoms with Crippen LogP contribution in [0.5, 0.6) is 5.75 Å². The highest BCUT2D eigenvalue weighted by atomic mass is 35.5. The van der Waals surface area contributed by atoms with Crippen LogP contribution in [0.3, 0.4) is 0 Å². The molecule has 0 atom stereocenters. The molecule has 0 bridgehead atoms. The number of pyridine rings is 1. The van der Waals surface area contributed by atoms with Gasteiger partial charge in [0.2, 0.25) is 5.75 Å². The fraction of sp³-hybridized carbons (Fsp3) is 0.375. The SMILES string of the molecule is Cc1nc(CCl)cc([N+](=O)[O-])c1OC(F)(F)F. The number of nitro groups is 1. The summed E-state index contributed by atoms with van der Waals surface area (Å²) in [6.07, 6.45) is -5.01. The first-order chi connectivity index (χ1) is 7.74. The quantitative estimate of drug-likeness (QED) is 0.481. The molecule has 1 rings (SSSR count). The molecule has 0 aliphatic carbocycles. The Kier molecular flexibility index (Phi) is 3.76. The lowest BCUT2D eigenvalue weighted by Gasteiger charge is -2.11. The van der Waals surface area contributed by atoms with Gasteiger partial charge in [0, 0.05) is 6.07 Å². The fourth-order valence-electron chi connectivity index (χ4n) is 1.15. The number of hydrogen-bond donors (Lipinski definition) is 0. The Balaban J connectivity index is 3.32. The third-order valence-electron chi connectivity index (χ3n) is 1.73. The summed E-state index contributed by atoms with van der Waals surface area (Å²) in [6, 6.07) is 0.848. The summed E-state index contributed by atoms with van der Waals surface area (Å²) in [4.78, 5) is 13.3. The molecule has 0 aliphatic heterocycles. The second-order valence-electron chi connectivity index (χ2n) is 2.99. The Morgan fingerprint density at radius 2 is 2.18 bits per heavy atom. The molecule has 5 nitrogen and oxygen atoms in total. The van der Waals surface area contributed by atoms with E-state index in [4.69, 9.17) is 11.6 Å². The third kappa shape index (κ3) is 3.45. The first-order valence-electron chi connectivity index (χ1n) is 4.21. The van der Waals surface area contributed by atoms with E-state index in [1.54, 1.807) is 0 Å². The molecule has 0 radical (unpaired) electrons. The van der Waals surface area contributed by atoms with Gasteiger partial charge in [-0.1, -0.05) is 0 Å². The number of rotatable bonds is 3. The second-order valence-corrected chi connectivity index (χ2v) is 3.25. The van der Waals surface area contributed by atoms with Crippen LogP contribution in [0.4, 0.5) is 18.9 Å². The summed E-state index contributed by atoms with van der Waals surface area (Å²) in [7, 11) is 0. The van der Waals surface area contributed by atoms with Gasteiger partial charge in [0.05, 0.1) is 22.2 Å². The van der Waals surface area contributed by atoms with Crippen molar-refractivity contribution in [2.75, 3.05) is 0 Å². The zero-order valence-electron chi connectivity index (χ0n) is 8.42. The molecular formula is C8H6ClF3N2O3. The predicted molar refractivity (Wildman–Crippen MR) is 51.9 cm³/mol. The molecule has 0 amide bonds. The number of alkyl halides is 4. The zero-order chi connectivity index (χ0) is 13.2. The monoisotopic (exact) mass is 270 g/mol. The average molecular weight is 271 g/mol. The number of aromatic nitrogens is 1. The van der Waals surface area contributed by atoms with Crippen molar-refractivity contribution < 1.29 is 22.8 Å². The summed E-state index contributed by atoms with van der Waals surface area (Å²) >= 11 is 5.41. The van der Waals surface area contributed by atoms with E-state index < -0.39 is 22.7 Å². The lowest BCUT2D eigenvalue weighted by molar-refractivity contribution is -0.388. The minimum absolute atomic E-state index is 0.102. The molecule has 94 valence electrons. The van der Waals surface area contributed by atoms with Crippen molar-refractivity contribution in [2.45, 2.75) is 19.2 Å². The standard InChI is InChI=1S/C8H6ClF3N2O3/c1-4-7(17-8(10,11)12)6(14(15)16)2-5(3-9)13-4/h2H,3H2,1H3. The summed E-state index contributed by atoms with van der Waals surface area (Å²) in [5.74, 6) is -1.06. The van der Waals surface area contributed by atoms with Crippen LogP contribution in [-0.2, 0) is 5.88 Å². The van der Waals surface area contributed by atoms with Gasteiger partial charge >= 0.3 is 12.0 Å². The first kappa shape index (κ1) is 13.5. The molecule has 0 aromatic carbocycles. The largest absolute Gasteiger partial charge is 0.573 e. The van der Waals surface area contributed by atoms with E-state index in [-0.39, 0.29) is 17.3 Å². The summed E-state index contributed by atoms with van der Waals surface area (Å²) in [6.45, 7) is 1.17. The first-order valence-corrected chi connectivity index (χ1v) is 4.74. The maximum Gasteiger partial charge on any atom is 0.573 e. The van der Waals surface area contributed by atoms with Crippen molar-refractivity contribution in [3.63, 3.8) is 0 Å². The summed E-state index contributed by atoms with van der Waals surface area (Å²) < 4.78 is 39.7. The second kappa shape index (κ2) is 4.74. The molecule has 1 heterocycles. The lowest BCUT2D eigenvalue weighted by atomic mass is 10.2. The van der Waals surface area contributed by atoms with Crippen LogP contribution >= 0.6 is 11.6 Å². The fourth-order valence-corrected chi connectivity index (χ4v) is 1.29. The van der Waals surface area contributed by atoms with E-state index in [1.807, 2.05) is 0 Å². The Morgan fingerprint density at radius 1 is 1.59 bits per heavy atom. The van der Waals surface area contributed by atoms with Crippen LogP contribution in [0.2, 0.25) is 0 Å². The zero-order valence-corrected chi connectivity index (χ0v) is 9.17. The van der Waals surface area contributed by atoms with E-state index in [0.29, 0.717) is 0 Å². The van der Waals surface area contributed by atoms with E-state index in [0.717, 1.165) is 6.07 Å². The number of aryl methyl sites for hydroxylation is 1. The molecule has 0 aliphatic rings. The molecule has 1 aromatic rings. The van der Waals surface area contributed by atoms with Gasteiger partial charge in [-0.3, -0.25) is 15.1 Å². The number of ether oxygens (including phenoxy) is 1. The normalized spacial score (nSPS) is 11.4. The molecule has 1 aromatic heterocycles. The van der Waals surface area contributed by atoms with Crippen LogP contribution in [0.15, 0.2) is 6.07 Å². The van der Waals surface area contributed by atoms with Gasteiger partial charge in [0.1, 0.15) is 0 Å².